The van der Waals surface area contributed by atoms with Gasteiger partial charge in [-0.25, -0.2) is 0 Å². The molecule has 0 aromatic heterocycles. The topological polar surface area (TPSA) is 32.3 Å². The molecule has 4 atom stereocenters. The highest BCUT2D eigenvalue weighted by atomic mass is 16.2. The van der Waals surface area contributed by atoms with Crippen LogP contribution in [0.15, 0.2) is 30.3 Å². The smallest absolute Gasteiger partial charge is 0.222 e. The largest absolute Gasteiger partial charge is 0.382 e. The van der Waals surface area contributed by atoms with Crippen molar-refractivity contribution in [2.45, 2.75) is 50.6 Å². The van der Waals surface area contributed by atoms with Gasteiger partial charge in [0.05, 0.1) is 0 Å². The molecular formula is C18H24N2O. The Labute approximate surface area is 126 Å². The monoisotopic (exact) mass is 284 g/mol. The van der Waals surface area contributed by atoms with Crippen LogP contribution in [-0.2, 0) is 4.79 Å². The number of amides is 1. The van der Waals surface area contributed by atoms with Gasteiger partial charge in [0, 0.05) is 30.7 Å². The lowest BCUT2D eigenvalue weighted by Crippen LogP contribution is -2.47. The van der Waals surface area contributed by atoms with Gasteiger partial charge in [0.25, 0.3) is 0 Å². The van der Waals surface area contributed by atoms with Crippen LogP contribution in [0.25, 0.3) is 0 Å². The molecule has 1 amide bonds. The van der Waals surface area contributed by atoms with Crippen molar-refractivity contribution in [1.82, 2.24) is 4.90 Å². The van der Waals surface area contributed by atoms with Crippen LogP contribution in [0.2, 0.25) is 0 Å². The molecule has 1 N–H and O–H groups in total. The number of rotatable bonds is 2. The van der Waals surface area contributed by atoms with E-state index in [1.807, 2.05) is 0 Å². The molecule has 2 heterocycles. The lowest BCUT2D eigenvalue weighted by Gasteiger charge is -2.41. The fourth-order valence-electron chi connectivity index (χ4n) is 4.87. The molecule has 0 spiro atoms. The summed E-state index contributed by atoms with van der Waals surface area (Å²) in [6.45, 7) is 1.00. The molecule has 3 nitrogen and oxygen atoms in total. The lowest BCUT2D eigenvalue weighted by molar-refractivity contribution is -0.132. The van der Waals surface area contributed by atoms with Crippen molar-refractivity contribution in [3.05, 3.63) is 30.3 Å². The first-order valence-electron chi connectivity index (χ1n) is 8.42. The summed E-state index contributed by atoms with van der Waals surface area (Å²) in [5.74, 6) is 1.84. The van der Waals surface area contributed by atoms with Gasteiger partial charge in [0.2, 0.25) is 5.91 Å². The highest BCUT2D eigenvalue weighted by molar-refractivity contribution is 5.77. The Morgan fingerprint density at radius 1 is 1.05 bits per heavy atom. The first kappa shape index (κ1) is 13.2. The van der Waals surface area contributed by atoms with Crippen molar-refractivity contribution < 1.29 is 4.79 Å². The average molecular weight is 284 g/mol. The molecule has 2 aliphatic heterocycles. The normalized spacial score (nSPS) is 35.2. The first-order valence-corrected chi connectivity index (χ1v) is 8.42. The maximum atomic E-state index is 12.2. The summed E-state index contributed by atoms with van der Waals surface area (Å²) in [7, 11) is 0. The van der Waals surface area contributed by atoms with E-state index in [1.165, 1.54) is 31.4 Å². The minimum absolute atomic E-state index is 0.416. The Morgan fingerprint density at radius 2 is 1.81 bits per heavy atom. The molecule has 112 valence electrons. The van der Waals surface area contributed by atoms with Crippen LogP contribution in [-0.4, -0.2) is 29.4 Å². The Morgan fingerprint density at radius 3 is 2.62 bits per heavy atom. The van der Waals surface area contributed by atoms with E-state index in [0.29, 0.717) is 29.8 Å². The Bertz CT molecular complexity index is 515. The summed E-state index contributed by atoms with van der Waals surface area (Å²) >= 11 is 0. The third-order valence-corrected chi connectivity index (χ3v) is 5.67. The number of hydrogen-bond donors (Lipinski definition) is 1. The van der Waals surface area contributed by atoms with Crippen molar-refractivity contribution in [3.8, 4) is 0 Å². The fraction of sp³-hybridized carbons (Fsp3) is 0.611. The predicted octanol–water partition coefficient (Wildman–Crippen LogP) is 3.28. The van der Waals surface area contributed by atoms with E-state index >= 15 is 0 Å². The van der Waals surface area contributed by atoms with E-state index < -0.39 is 0 Å². The Kier molecular flexibility index (Phi) is 3.36. The zero-order valence-corrected chi connectivity index (χ0v) is 12.5. The number of anilines is 1. The van der Waals surface area contributed by atoms with Crippen LogP contribution < -0.4 is 5.32 Å². The lowest BCUT2D eigenvalue weighted by atomic mass is 9.73. The molecule has 4 rings (SSSR count). The van der Waals surface area contributed by atoms with Crippen molar-refractivity contribution in [2.24, 2.45) is 11.8 Å². The van der Waals surface area contributed by atoms with Crippen LogP contribution >= 0.6 is 0 Å². The minimum Gasteiger partial charge on any atom is -0.382 e. The molecule has 1 aromatic rings. The molecule has 3 fully saturated rings. The van der Waals surface area contributed by atoms with Gasteiger partial charge >= 0.3 is 0 Å². The summed E-state index contributed by atoms with van der Waals surface area (Å²) < 4.78 is 0. The summed E-state index contributed by atoms with van der Waals surface area (Å²) in [6.07, 6.45) is 6.74. The summed E-state index contributed by atoms with van der Waals surface area (Å²) in [6, 6.07) is 11.7. The van der Waals surface area contributed by atoms with E-state index in [-0.39, 0.29) is 0 Å². The fourth-order valence-corrected chi connectivity index (χ4v) is 4.87. The van der Waals surface area contributed by atoms with Crippen molar-refractivity contribution in [2.75, 3.05) is 11.9 Å². The van der Waals surface area contributed by atoms with E-state index in [9.17, 15) is 4.79 Å². The van der Waals surface area contributed by atoms with Gasteiger partial charge in [-0.1, -0.05) is 18.2 Å². The standard InChI is InChI=1S/C18H24N2O/c21-17-8-4-5-13-11-16(19-15-6-2-1-3-7-15)12-14-9-10-20(17)18(13)14/h1-3,6-7,13-14,16,18-19H,4-5,8-12H2/t13-,14+,16?,18-/m1/s1. The second-order valence-electron chi connectivity index (χ2n) is 6.96. The van der Waals surface area contributed by atoms with Gasteiger partial charge in [0.1, 0.15) is 0 Å². The number of hydrogen-bond acceptors (Lipinski definition) is 2. The van der Waals surface area contributed by atoms with E-state index in [0.717, 1.165) is 19.4 Å². The minimum atomic E-state index is 0.416. The maximum absolute atomic E-state index is 12.2. The van der Waals surface area contributed by atoms with Crippen LogP contribution in [0.5, 0.6) is 0 Å². The van der Waals surface area contributed by atoms with Crippen LogP contribution in [0, 0.1) is 11.8 Å². The second kappa shape index (κ2) is 5.36. The molecular weight excluding hydrogens is 260 g/mol. The zero-order chi connectivity index (χ0) is 14.2. The Balaban J connectivity index is 1.51. The molecule has 1 aromatic carbocycles. The SMILES string of the molecule is O=C1CCC[C@@H]2CC(Nc3ccccc3)C[C@@H]3CCN1[C@H]23. The molecule has 2 saturated heterocycles. The first-order chi connectivity index (χ1) is 10.3. The van der Waals surface area contributed by atoms with Crippen LogP contribution in [0.4, 0.5) is 5.69 Å². The molecule has 0 radical (unpaired) electrons. The van der Waals surface area contributed by atoms with Gasteiger partial charge in [-0.3, -0.25) is 4.79 Å². The molecule has 3 aliphatic rings. The van der Waals surface area contributed by atoms with Gasteiger partial charge in [-0.15, -0.1) is 0 Å². The van der Waals surface area contributed by atoms with Crippen molar-refractivity contribution in [3.63, 3.8) is 0 Å². The highest BCUT2D eigenvalue weighted by Crippen LogP contribution is 2.44. The zero-order valence-electron chi connectivity index (χ0n) is 12.5. The number of carbonyl (C=O) groups is 1. The van der Waals surface area contributed by atoms with Gasteiger partial charge in [-0.05, 0) is 56.1 Å². The van der Waals surface area contributed by atoms with E-state index in [4.69, 9.17) is 0 Å². The van der Waals surface area contributed by atoms with Gasteiger partial charge in [-0.2, -0.15) is 0 Å². The molecule has 3 heteroatoms. The molecule has 1 saturated carbocycles. The third kappa shape index (κ3) is 2.43. The number of benzene rings is 1. The predicted molar refractivity (Wildman–Crippen MR) is 84.0 cm³/mol. The highest BCUT2D eigenvalue weighted by Gasteiger charge is 2.47. The second-order valence-corrected chi connectivity index (χ2v) is 6.96. The maximum Gasteiger partial charge on any atom is 0.222 e. The van der Waals surface area contributed by atoms with Gasteiger partial charge < -0.3 is 10.2 Å². The Hall–Kier alpha value is -1.51. The number of carbonyl (C=O) groups excluding carboxylic acids is 1. The molecule has 0 bridgehead atoms. The summed E-state index contributed by atoms with van der Waals surface area (Å²) in [5, 5.41) is 3.72. The van der Waals surface area contributed by atoms with Gasteiger partial charge in [0.15, 0.2) is 0 Å². The molecule has 1 aliphatic carbocycles. The summed E-state index contributed by atoms with van der Waals surface area (Å²) in [5.41, 5.74) is 1.24. The summed E-state index contributed by atoms with van der Waals surface area (Å²) in [4.78, 5) is 14.4. The van der Waals surface area contributed by atoms with E-state index in [1.54, 1.807) is 0 Å². The molecule has 21 heavy (non-hydrogen) atoms. The van der Waals surface area contributed by atoms with E-state index in [2.05, 4.69) is 40.5 Å². The molecule has 1 unspecified atom stereocenters. The van der Waals surface area contributed by atoms with Crippen molar-refractivity contribution in [1.29, 1.82) is 0 Å². The number of nitrogens with zero attached hydrogens (tertiary/aromatic N) is 1. The average Bonchev–Trinajstić information content (AvgIpc) is 2.85. The number of para-hydroxylation sites is 1. The van der Waals surface area contributed by atoms with Crippen LogP contribution in [0.1, 0.15) is 38.5 Å². The third-order valence-electron chi connectivity index (χ3n) is 5.67. The van der Waals surface area contributed by atoms with Crippen LogP contribution in [0.3, 0.4) is 0 Å². The van der Waals surface area contributed by atoms with Crippen molar-refractivity contribution >= 4 is 11.6 Å². The number of nitrogens with one attached hydrogen (secondary N) is 1. The quantitative estimate of drug-likeness (QED) is 0.904.